The van der Waals surface area contributed by atoms with Crippen molar-refractivity contribution >= 4 is 35.3 Å². The van der Waals surface area contributed by atoms with Gasteiger partial charge >= 0.3 is 0 Å². The minimum absolute atomic E-state index is 0.108. The molecule has 0 spiro atoms. The Morgan fingerprint density at radius 3 is 2.42 bits per heavy atom. The fourth-order valence-electron chi connectivity index (χ4n) is 5.55. The third kappa shape index (κ3) is 2.64. The van der Waals surface area contributed by atoms with Crippen molar-refractivity contribution in [3.05, 3.63) is 63.4 Å². The molecule has 1 saturated heterocycles. The SMILES string of the molecule is O=C1[C@H]2[C@@H]3C=C[C@H]([C@H]4C[C@H]34)[C@@H]2C(=O)N1/N=C/c1ccc(-c2cc([N+](=O)[O-])ccc2Cl)o1. The number of non-ortho nitro benzene ring substituents is 1. The number of halogens is 1. The number of hydrogen-bond acceptors (Lipinski definition) is 6. The summed E-state index contributed by atoms with van der Waals surface area (Å²) in [6.45, 7) is 0. The lowest BCUT2D eigenvalue weighted by atomic mass is 9.63. The summed E-state index contributed by atoms with van der Waals surface area (Å²) >= 11 is 6.16. The van der Waals surface area contributed by atoms with Gasteiger partial charge in [-0.05, 0) is 48.3 Å². The van der Waals surface area contributed by atoms with Gasteiger partial charge in [0.15, 0.2) is 0 Å². The minimum atomic E-state index is -0.513. The summed E-state index contributed by atoms with van der Waals surface area (Å²) in [5, 5.41) is 16.5. The van der Waals surface area contributed by atoms with Crippen LogP contribution in [0.25, 0.3) is 11.3 Å². The van der Waals surface area contributed by atoms with E-state index < -0.39 is 4.92 Å². The normalized spacial score (nSPS) is 32.6. The van der Waals surface area contributed by atoms with Gasteiger partial charge in [0.25, 0.3) is 17.5 Å². The van der Waals surface area contributed by atoms with Crippen LogP contribution in [0.4, 0.5) is 5.69 Å². The zero-order chi connectivity index (χ0) is 21.4. The first-order chi connectivity index (χ1) is 14.9. The molecule has 2 bridgehead atoms. The van der Waals surface area contributed by atoms with Crippen molar-refractivity contribution in [2.45, 2.75) is 6.42 Å². The Labute approximate surface area is 181 Å². The van der Waals surface area contributed by atoms with Crippen molar-refractivity contribution in [2.75, 3.05) is 0 Å². The van der Waals surface area contributed by atoms with Crippen molar-refractivity contribution < 1.29 is 18.9 Å². The van der Waals surface area contributed by atoms with E-state index in [2.05, 4.69) is 17.3 Å². The molecule has 1 aromatic carbocycles. The summed E-state index contributed by atoms with van der Waals surface area (Å²) in [7, 11) is 0. The molecule has 0 unspecified atom stereocenters. The van der Waals surface area contributed by atoms with Crippen LogP contribution in [0, 0.1) is 45.6 Å². The largest absolute Gasteiger partial charge is 0.455 e. The van der Waals surface area contributed by atoms with Gasteiger partial charge in [0.1, 0.15) is 11.5 Å². The molecule has 2 saturated carbocycles. The standard InChI is InChI=1S/C22H16ClN3O5/c23-17-5-1-10(26(29)30)7-16(17)18-6-2-11(31-18)9-24-25-21(27)19-12-3-4-13(15-8-14(12)15)20(19)22(25)28/h1-7,9,12-15,19-20H,8H2/b24-9+/t12-,13-,14-,15-,19+,20+/m1/s1. The first-order valence-electron chi connectivity index (χ1n) is 10.1. The number of benzene rings is 1. The van der Waals surface area contributed by atoms with E-state index in [0.29, 0.717) is 33.9 Å². The average Bonchev–Trinajstić information content (AvgIpc) is 3.40. The molecule has 3 fully saturated rings. The van der Waals surface area contributed by atoms with Crippen LogP contribution in [-0.2, 0) is 9.59 Å². The summed E-state index contributed by atoms with van der Waals surface area (Å²) in [5.74, 6) is 0.869. The van der Waals surface area contributed by atoms with Gasteiger partial charge in [-0.2, -0.15) is 10.1 Å². The Balaban J connectivity index is 1.25. The van der Waals surface area contributed by atoms with E-state index in [9.17, 15) is 19.7 Å². The minimum Gasteiger partial charge on any atom is -0.455 e. The Kier molecular flexibility index (Phi) is 3.80. The molecular weight excluding hydrogens is 422 g/mol. The first-order valence-corrected chi connectivity index (χ1v) is 10.5. The summed E-state index contributed by atoms with van der Waals surface area (Å²) < 4.78 is 5.69. The molecule has 2 aromatic rings. The van der Waals surface area contributed by atoms with E-state index in [1.165, 1.54) is 24.4 Å². The molecule has 6 atom stereocenters. The third-order valence-electron chi connectivity index (χ3n) is 6.99. The Hall–Kier alpha value is -3.26. The van der Waals surface area contributed by atoms with E-state index in [1.807, 2.05) is 0 Å². The first kappa shape index (κ1) is 18.5. The number of amides is 2. The number of carbonyl (C=O) groups is 2. The van der Waals surface area contributed by atoms with Gasteiger partial charge in [0, 0.05) is 17.7 Å². The van der Waals surface area contributed by atoms with Crippen LogP contribution in [0.3, 0.4) is 0 Å². The maximum atomic E-state index is 12.9. The van der Waals surface area contributed by atoms with Crippen molar-refractivity contribution in [1.29, 1.82) is 0 Å². The lowest BCUT2D eigenvalue weighted by Gasteiger charge is -2.37. The zero-order valence-electron chi connectivity index (χ0n) is 16.1. The predicted molar refractivity (Wildman–Crippen MR) is 110 cm³/mol. The molecule has 7 rings (SSSR count). The fourth-order valence-corrected chi connectivity index (χ4v) is 5.76. The summed E-state index contributed by atoms with van der Waals surface area (Å²) in [6, 6.07) is 7.28. The van der Waals surface area contributed by atoms with Gasteiger partial charge in [-0.25, -0.2) is 0 Å². The highest BCUT2D eigenvalue weighted by Gasteiger charge is 2.67. The highest BCUT2D eigenvalue weighted by atomic mass is 35.5. The fraction of sp³-hybridized carbons (Fsp3) is 0.318. The van der Waals surface area contributed by atoms with Crippen LogP contribution in [0.5, 0.6) is 0 Å². The molecule has 0 N–H and O–H groups in total. The number of carbonyl (C=O) groups excluding carboxylic acids is 2. The highest BCUT2D eigenvalue weighted by molar-refractivity contribution is 6.33. The van der Waals surface area contributed by atoms with Crippen LogP contribution < -0.4 is 0 Å². The molecule has 9 heteroatoms. The number of furan rings is 1. The number of rotatable bonds is 4. The van der Waals surface area contributed by atoms with Gasteiger partial charge in [0.05, 0.1) is 28.0 Å². The summed E-state index contributed by atoms with van der Waals surface area (Å²) in [6.07, 6.45) is 6.65. The van der Waals surface area contributed by atoms with Gasteiger partial charge < -0.3 is 4.42 Å². The number of nitrogens with zero attached hydrogens (tertiary/aromatic N) is 3. The molecule has 2 amide bonds. The highest BCUT2D eigenvalue weighted by Crippen LogP contribution is 2.65. The van der Waals surface area contributed by atoms with Crippen molar-refractivity contribution in [1.82, 2.24) is 5.01 Å². The number of nitro groups is 1. The average molecular weight is 438 g/mol. The molecular formula is C22H16ClN3O5. The van der Waals surface area contributed by atoms with E-state index in [1.54, 1.807) is 12.1 Å². The number of hydrazone groups is 1. The summed E-state index contributed by atoms with van der Waals surface area (Å²) in [4.78, 5) is 36.4. The Bertz CT molecular complexity index is 1180. The summed E-state index contributed by atoms with van der Waals surface area (Å²) in [5.41, 5.74) is 0.264. The van der Waals surface area contributed by atoms with Crippen LogP contribution in [0.2, 0.25) is 5.02 Å². The van der Waals surface area contributed by atoms with E-state index >= 15 is 0 Å². The van der Waals surface area contributed by atoms with Crippen LogP contribution >= 0.6 is 11.6 Å². The second-order valence-electron chi connectivity index (χ2n) is 8.51. The molecule has 8 nitrogen and oxygen atoms in total. The van der Waals surface area contributed by atoms with Gasteiger partial charge in [-0.3, -0.25) is 19.7 Å². The van der Waals surface area contributed by atoms with Crippen molar-refractivity contribution in [2.24, 2.45) is 40.6 Å². The molecule has 1 aliphatic heterocycles. The molecule has 2 heterocycles. The maximum Gasteiger partial charge on any atom is 0.270 e. The van der Waals surface area contributed by atoms with E-state index in [-0.39, 0.29) is 41.2 Å². The maximum absolute atomic E-state index is 12.9. The zero-order valence-corrected chi connectivity index (χ0v) is 16.8. The smallest absolute Gasteiger partial charge is 0.270 e. The lowest BCUT2D eigenvalue weighted by molar-refractivity contribution is -0.384. The Morgan fingerprint density at radius 2 is 1.77 bits per heavy atom. The van der Waals surface area contributed by atoms with E-state index in [0.717, 1.165) is 11.4 Å². The van der Waals surface area contributed by atoms with Crippen LogP contribution in [-0.4, -0.2) is 28.0 Å². The molecule has 31 heavy (non-hydrogen) atoms. The van der Waals surface area contributed by atoms with Crippen molar-refractivity contribution in [3.63, 3.8) is 0 Å². The topological polar surface area (TPSA) is 106 Å². The predicted octanol–water partition coefficient (Wildman–Crippen LogP) is 3.90. The number of nitro benzene ring substituents is 1. The second-order valence-corrected chi connectivity index (χ2v) is 8.92. The number of allylic oxidation sites excluding steroid dienone is 2. The number of imide groups is 1. The second kappa shape index (κ2) is 6.37. The van der Waals surface area contributed by atoms with Gasteiger partial charge in [-0.1, -0.05) is 23.8 Å². The third-order valence-corrected chi connectivity index (χ3v) is 7.32. The molecule has 156 valence electrons. The lowest BCUT2D eigenvalue weighted by Crippen LogP contribution is -2.40. The van der Waals surface area contributed by atoms with E-state index in [4.69, 9.17) is 16.0 Å². The molecule has 5 aliphatic rings. The monoisotopic (exact) mass is 437 g/mol. The van der Waals surface area contributed by atoms with Crippen LogP contribution in [0.15, 0.2) is 52.0 Å². The van der Waals surface area contributed by atoms with Crippen LogP contribution in [0.1, 0.15) is 12.2 Å². The Morgan fingerprint density at radius 1 is 1.10 bits per heavy atom. The quantitative estimate of drug-likeness (QED) is 0.237. The molecule has 0 radical (unpaired) electrons. The van der Waals surface area contributed by atoms with Gasteiger partial charge in [0.2, 0.25) is 0 Å². The van der Waals surface area contributed by atoms with Crippen molar-refractivity contribution in [3.8, 4) is 11.3 Å². The number of hydrogen-bond donors (Lipinski definition) is 0. The molecule has 1 aromatic heterocycles. The molecule has 4 aliphatic carbocycles. The van der Waals surface area contributed by atoms with Gasteiger partial charge in [-0.15, -0.1) is 0 Å².